The molecular weight excluding hydrogens is 400 g/mol. The van der Waals surface area contributed by atoms with Gasteiger partial charge < -0.3 is 21.7 Å². The van der Waals surface area contributed by atoms with E-state index in [1.54, 1.807) is 0 Å². The number of urea groups is 1. The number of benzene rings is 3. The maximum absolute atomic E-state index is 12.9. The highest BCUT2D eigenvalue weighted by Gasteiger charge is 2.22. The molecule has 6 nitrogen and oxygen atoms in total. The van der Waals surface area contributed by atoms with Gasteiger partial charge in [0.15, 0.2) is 0 Å². The second-order valence-electron chi connectivity index (χ2n) is 8.10. The number of hydrogen-bond donors (Lipinski definition) is 4. The lowest BCUT2D eigenvalue weighted by atomic mass is 10.00. The fourth-order valence-electron chi connectivity index (χ4n) is 3.73. The van der Waals surface area contributed by atoms with Gasteiger partial charge in [-0.15, -0.1) is 0 Å². The van der Waals surface area contributed by atoms with Gasteiger partial charge in [-0.25, -0.2) is 4.79 Å². The van der Waals surface area contributed by atoms with E-state index in [-0.39, 0.29) is 18.0 Å². The fourth-order valence-corrected chi connectivity index (χ4v) is 3.73. The molecule has 0 aliphatic carbocycles. The predicted molar refractivity (Wildman–Crippen MR) is 131 cm³/mol. The highest BCUT2D eigenvalue weighted by Crippen LogP contribution is 2.24. The Bertz CT molecular complexity index is 1040. The molecule has 6 heteroatoms. The van der Waals surface area contributed by atoms with E-state index >= 15 is 0 Å². The van der Waals surface area contributed by atoms with E-state index in [1.165, 1.54) is 0 Å². The molecule has 3 aromatic rings. The first-order valence-electron chi connectivity index (χ1n) is 11.1. The first kappa shape index (κ1) is 23.3. The van der Waals surface area contributed by atoms with Crippen LogP contribution >= 0.6 is 0 Å². The summed E-state index contributed by atoms with van der Waals surface area (Å²) in [7, 11) is 0. The lowest BCUT2D eigenvalue weighted by molar-refractivity contribution is -0.118. The normalized spacial score (nSPS) is 12.7. The van der Waals surface area contributed by atoms with Crippen LogP contribution in [0.2, 0.25) is 0 Å². The Kier molecular flexibility index (Phi) is 8.22. The van der Waals surface area contributed by atoms with E-state index in [0.717, 1.165) is 34.7 Å². The molecule has 3 rings (SSSR count). The Balaban J connectivity index is 1.66. The van der Waals surface area contributed by atoms with Gasteiger partial charge in [-0.05, 0) is 68.1 Å². The average molecular weight is 433 g/mol. The minimum Gasteiger partial charge on any atom is -0.332 e. The van der Waals surface area contributed by atoms with Crippen LogP contribution in [0.15, 0.2) is 66.7 Å². The largest absolute Gasteiger partial charge is 0.332 e. The number of hydrogen-bond acceptors (Lipinski definition) is 3. The summed E-state index contributed by atoms with van der Waals surface area (Å²) in [4.78, 5) is 25.7. The Hall–Kier alpha value is -3.38. The lowest BCUT2D eigenvalue weighted by Crippen LogP contribution is -2.48. The van der Waals surface area contributed by atoms with Crippen molar-refractivity contribution in [2.24, 2.45) is 5.73 Å². The van der Waals surface area contributed by atoms with E-state index in [1.807, 2.05) is 68.4 Å². The number of nitrogens with one attached hydrogen (secondary N) is 3. The third-order valence-corrected chi connectivity index (χ3v) is 5.53. The molecule has 0 spiro atoms. The predicted octanol–water partition coefficient (Wildman–Crippen LogP) is 4.64. The van der Waals surface area contributed by atoms with Crippen LogP contribution in [0, 0.1) is 6.92 Å². The number of carbonyl (C=O) groups excluding carboxylic acids is 2. The number of anilines is 1. The lowest BCUT2D eigenvalue weighted by Gasteiger charge is -2.22. The number of rotatable bonds is 9. The molecule has 2 atom stereocenters. The third-order valence-electron chi connectivity index (χ3n) is 5.53. The molecule has 3 amide bonds. The summed E-state index contributed by atoms with van der Waals surface area (Å²) in [5.74, 6) is -0.237. The van der Waals surface area contributed by atoms with Crippen molar-refractivity contribution >= 4 is 28.4 Å². The Morgan fingerprint density at radius 1 is 0.906 bits per heavy atom. The molecule has 0 heterocycles. The summed E-state index contributed by atoms with van der Waals surface area (Å²) >= 11 is 0. The SMILES string of the molecule is Cc1ccc(NC(=O)[C@@H](CCCCN)NC(=O)N[C@@H](C)c2cccc3ccccc23)cc1. The van der Waals surface area contributed by atoms with E-state index in [2.05, 4.69) is 28.1 Å². The molecule has 0 aliphatic heterocycles. The van der Waals surface area contributed by atoms with Crippen molar-refractivity contribution in [2.75, 3.05) is 11.9 Å². The molecule has 0 unspecified atom stereocenters. The summed E-state index contributed by atoms with van der Waals surface area (Å²) in [6.45, 7) is 4.48. The van der Waals surface area contributed by atoms with Crippen LogP contribution in [0.4, 0.5) is 10.5 Å². The first-order chi connectivity index (χ1) is 15.5. The summed E-state index contributed by atoms with van der Waals surface area (Å²) < 4.78 is 0. The molecule has 0 bridgehead atoms. The van der Waals surface area contributed by atoms with Gasteiger partial charge in [0.25, 0.3) is 0 Å². The van der Waals surface area contributed by atoms with Gasteiger partial charge in [0.05, 0.1) is 6.04 Å². The molecular formula is C26H32N4O2. The molecule has 0 saturated heterocycles. The molecule has 0 radical (unpaired) electrons. The molecule has 0 saturated carbocycles. The molecule has 3 aromatic carbocycles. The molecule has 0 aliphatic rings. The number of unbranched alkanes of at least 4 members (excludes halogenated alkanes) is 1. The standard InChI is InChI=1S/C26H32N4O2/c1-18-13-15-21(16-14-18)29-25(31)24(12-5-6-17-27)30-26(32)28-19(2)22-11-7-9-20-8-3-4-10-23(20)22/h3-4,7-11,13-16,19,24H,5-6,12,17,27H2,1-2H3,(H,29,31)(H2,28,30,32)/t19-,24+/m0/s1. The Morgan fingerprint density at radius 3 is 2.38 bits per heavy atom. The number of carbonyl (C=O) groups is 2. The van der Waals surface area contributed by atoms with Crippen LogP contribution in [0.1, 0.15) is 43.4 Å². The minimum atomic E-state index is -0.650. The zero-order valence-corrected chi connectivity index (χ0v) is 18.7. The number of amides is 3. The van der Waals surface area contributed by atoms with Crippen LogP contribution in [-0.4, -0.2) is 24.5 Å². The van der Waals surface area contributed by atoms with Crippen molar-refractivity contribution in [3.8, 4) is 0 Å². The molecule has 32 heavy (non-hydrogen) atoms. The van der Waals surface area contributed by atoms with Gasteiger partial charge in [-0.2, -0.15) is 0 Å². The van der Waals surface area contributed by atoms with Gasteiger partial charge >= 0.3 is 6.03 Å². The van der Waals surface area contributed by atoms with Crippen LogP contribution in [-0.2, 0) is 4.79 Å². The summed E-state index contributed by atoms with van der Waals surface area (Å²) in [5.41, 5.74) is 8.45. The fraction of sp³-hybridized carbons (Fsp3) is 0.308. The second kappa shape index (κ2) is 11.3. The first-order valence-corrected chi connectivity index (χ1v) is 11.1. The summed E-state index contributed by atoms with van der Waals surface area (Å²) in [6.07, 6.45) is 2.07. The zero-order valence-electron chi connectivity index (χ0n) is 18.7. The van der Waals surface area contributed by atoms with Gasteiger partial charge in [-0.3, -0.25) is 4.79 Å². The van der Waals surface area contributed by atoms with E-state index in [0.29, 0.717) is 18.7 Å². The quantitative estimate of drug-likeness (QED) is 0.371. The summed E-state index contributed by atoms with van der Waals surface area (Å²) in [5, 5.41) is 10.9. The number of nitrogens with two attached hydrogens (primary N) is 1. The second-order valence-corrected chi connectivity index (χ2v) is 8.10. The van der Waals surface area contributed by atoms with Gasteiger partial charge in [0, 0.05) is 5.69 Å². The topological polar surface area (TPSA) is 96.2 Å². The zero-order chi connectivity index (χ0) is 22.9. The Morgan fingerprint density at radius 2 is 1.62 bits per heavy atom. The minimum absolute atomic E-state index is 0.217. The maximum atomic E-state index is 12.9. The Labute approximate surface area is 189 Å². The van der Waals surface area contributed by atoms with Gasteiger partial charge in [0.1, 0.15) is 6.04 Å². The van der Waals surface area contributed by atoms with Crippen LogP contribution in [0.3, 0.4) is 0 Å². The number of aryl methyl sites for hydroxylation is 1. The van der Waals surface area contributed by atoms with Crippen molar-refractivity contribution in [2.45, 2.75) is 45.2 Å². The molecule has 0 fully saturated rings. The molecule has 5 N–H and O–H groups in total. The highest BCUT2D eigenvalue weighted by atomic mass is 16.2. The van der Waals surface area contributed by atoms with Crippen molar-refractivity contribution in [3.05, 3.63) is 77.9 Å². The molecule has 168 valence electrons. The monoisotopic (exact) mass is 432 g/mol. The number of fused-ring (bicyclic) bond motifs is 1. The third kappa shape index (κ3) is 6.31. The average Bonchev–Trinajstić information content (AvgIpc) is 2.79. The highest BCUT2D eigenvalue weighted by molar-refractivity contribution is 5.97. The van der Waals surface area contributed by atoms with Crippen molar-refractivity contribution < 1.29 is 9.59 Å². The smallest absolute Gasteiger partial charge is 0.315 e. The van der Waals surface area contributed by atoms with Crippen LogP contribution < -0.4 is 21.7 Å². The van der Waals surface area contributed by atoms with Gasteiger partial charge in [-0.1, -0.05) is 60.2 Å². The maximum Gasteiger partial charge on any atom is 0.315 e. The van der Waals surface area contributed by atoms with E-state index in [4.69, 9.17) is 5.73 Å². The molecule has 0 aromatic heterocycles. The van der Waals surface area contributed by atoms with Gasteiger partial charge in [0.2, 0.25) is 5.91 Å². The van der Waals surface area contributed by atoms with E-state index < -0.39 is 6.04 Å². The van der Waals surface area contributed by atoms with E-state index in [9.17, 15) is 9.59 Å². The van der Waals surface area contributed by atoms with Crippen molar-refractivity contribution in [1.29, 1.82) is 0 Å². The summed E-state index contributed by atoms with van der Waals surface area (Å²) in [6, 6.07) is 20.5. The van der Waals surface area contributed by atoms with Crippen LogP contribution in [0.25, 0.3) is 10.8 Å². The van der Waals surface area contributed by atoms with Crippen molar-refractivity contribution in [1.82, 2.24) is 10.6 Å². The van der Waals surface area contributed by atoms with Crippen molar-refractivity contribution in [3.63, 3.8) is 0 Å². The van der Waals surface area contributed by atoms with Crippen LogP contribution in [0.5, 0.6) is 0 Å².